The van der Waals surface area contributed by atoms with E-state index < -0.39 is 0 Å². The fourth-order valence-corrected chi connectivity index (χ4v) is 2.32. The Kier molecular flexibility index (Phi) is 7.22. The minimum atomic E-state index is -0.234. The maximum atomic E-state index is 12.2. The number of morpholine rings is 1. The third-order valence-corrected chi connectivity index (χ3v) is 3.48. The summed E-state index contributed by atoms with van der Waals surface area (Å²) in [6.45, 7) is 4.82. The second kappa shape index (κ2) is 8.41. The molecule has 0 aliphatic carbocycles. The molecule has 1 N–H and O–H groups in total. The number of methoxy groups -OCH3 is 1. The van der Waals surface area contributed by atoms with Gasteiger partial charge in [0.2, 0.25) is 5.91 Å². The standard InChI is InChI=1S/C12H21N3O4.ClH/c1-18-11(16)8-14-3-5-15(6-4-14)12(17)10-9-19-7-2-13-10;/h10,13H,2-9H2,1H3;1H. The van der Waals surface area contributed by atoms with E-state index in [2.05, 4.69) is 10.1 Å². The van der Waals surface area contributed by atoms with Crippen LogP contribution in [-0.2, 0) is 19.1 Å². The van der Waals surface area contributed by atoms with Gasteiger partial charge in [0.05, 0.1) is 26.9 Å². The van der Waals surface area contributed by atoms with Crippen LogP contribution in [0, 0.1) is 0 Å². The van der Waals surface area contributed by atoms with Crippen molar-refractivity contribution >= 4 is 24.3 Å². The van der Waals surface area contributed by atoms with Crippen LogP contribution in [-0.4, -0.2) is 87.3 Å². The first-order valence-corrected chi connectivity index (χ1v) is 6.60. The van der Waals surface area contributed by atoms with Crippen molar-refractivity contribution in [1.29, 1.82) is 0 Å². The summed E-state index contributed by atoms with van der Waals surface area (Å²) in [6, 6.07) is -0.221. The van der Waals surface area contributed by atoms with Gasteiger partial charge in [0, 0.05) is 32.7 Å². The topological polar surface area (TPSA) is 71.1 Å². The number of piperazine rings is 1. The Morgan fingerprint density at radius 2 is 2.00 bits per heavy atom. The highest BCUT2D eigenvalue weighted by molar-refractivity contribution is 5.85. The molecular weight excluding hydrogens is 286 g/mol. The van der Waals surface area contributed by atoms with E-state index in [1.807, 2.05) is 9.80 Å². The smallest absolute Gasteiger partial charge is 0.319 e. The lowest BCUT2D eigenvalue weighted by atomic mass is 10.2. The number of esters is 1. The molecule has 7 nitrogen and oxygen atoms in total. The lowest BCUT2D eigenvalue weighted by Gasteiger charge is -2.36. The Morgan fingerprint density at radius 1 is 1.30 bits per heavy atom. The van der Waals surface area contributed by atoms with Gasteiger partial charge in [-0.1, -0.05) is 0 Å². The summed E-state index contributed by atoms with van der Waals surface area (Å²) < 4.78 is 9.94. The van der Waals surface area contributed by atoms with E-state index in [-0.39, 0.29) is 30.3 Å². The second-order valence-corrected chi connectivity index (χ2v) is 4.76. The van der Waals surface area contributed by atoms with E-state index in [1.165, 1.54) is 7.11 Å². The number of ether oxygens (including phenoxy) is 2. The third-order valence-electron chi connectivity index (χ3n) is 3.48. The van der Waals surface area contributed by atoms with Gasteiger partial charge in [-0.3, -0.25) is 14.5 Å². The largest absolute Gasteiger partial charge is 0.468 e. The van der Waals surface area contributed by atoms with Gasteiger partial charge in [-0.2, -0.15) is 0 Å². The van der Waals surface area contributed by atoms with Crippen LogP contribution in [0.15, 0.2) is 0 Å². The summed E-state index contributed by atoms with van der Waals surface area (Å²) >= 11 is 0. The number of carbonyl (C=O) groups is 2. The van der Waals surface area contributed by atoms with Gasteiger partial charge >= 0.3 is 5.97 Å². The van der Waals surface area contributed by atoms with E-state index in [9.17, 15) is 9.59 Å². The van der Waals surface area contributed by atoms with Crippen molar-refractivity contribution < 1.29 is 19.1 Å². The zero-order valence-corrected chi connectivity index (χ0v) is 12.5. The predicted octanol–water partition coefficient (Wildman–Crippen LogP) is -1.29. The zero-order chi connectivity index (χ0) is 13.7. The highest BCUT2D eigenvalue weighted by Gasteiger charge is 2.29. The van der Waals surface area contributed by atoms with Crippen LogP contribution in [0.4, 0.5) is 0 Å². The van der Waals surface area contributed by atoms with Gasteiger partial charge in [0.15, 0.2) is 0 Å². The number of hydrogen-bond donors (Lipinski definition) is 1. The second-order valence-electron chi connectivity index (χ2n) is 4.76. The van der Waals surface area contributed by atoms with Gasteiger partial charge in [-0.05, 0) is 0 Å². The number of nitrogens with zero attached hydrogens (tertiary/aromatic N) is 2. The lowest BCUT2D eigenvalue weighted by Crippen LogP contribution is -2.57. The van der Waals surface area contributed by atoms with Gasteiger partial charge in [-0.15, -0.1) is 12.4 Å². The number of nitrogens with one attached hydrogen (secondary N) is 1. The molecule has 2 fully saturated rings. The summed E-state index contributed by atoms with van der Waals surface area (Å²) in [7, 11) is 1.39. The average Bonchev–Trinajstić information content (AvgIpc) is 2.48. The van der Waals surface area contributed by atoms with E-state index >= 15 is 0 Å². The Bertz CT molecular complexity index is 329. The van der Waals surface area contributed by atoms with Crippen molar-refractivity contribution in [2.75, 3.05) is 59.6 Å². The third kappa shape index (κ3) is 4.59. The molecule has 0 saturated carbocycles. The van der Waals surface area contributed by atoms with Crippen molar-refractivity contribution in [3.05, 3.63) is 0 Å². The molecule has 2 aliphatic heterocycles. The minimum Gasteiger partial charge on any atom is -0.468 e. The summed E-state index contributed by atoms with van der Waals surface area (Å²) in [5.41, 5.74) is 0. The quantitative estimate of drug-likeness (QED) is 0.655. The van der Waals surface area contributed by atoms with Crippen molar-refractivity contribution in [3.8, 4) is 0 Å². The normalized spacial score (nSPS) is 23.9. The predicted molar refractivity (Wildman–Crippen MR) is 74.9 cm³/mol. The average molecular weight is 308 g/mol. The molecule has 0 radical (unpaired) electrons. The Morgan fingerprint density at radius 3 is 2.55 bits per heavy atom. The molecule has 20 heavy (non-hydrogen) atoms. The molecule has 0 bridgehead atoms. The Hall–Kier alpha value is -0.890. The molecule has 1 unspecified atom stereocenters. The van der Waals surface area contributed by atoms with Crippen LogP contribution in [0.1, 0.15) is 0 Å². The molecular formula is C12H22ClN3O4. The van der Waals surface area contributed by atoms with E-state index in [4.69, 9.17) is 4.74 Å². The number of halogens is 1. The summed E-state index contributed by atoms with van der Waals surface area (Å²) in [4.78, 5) is 27.2. The van der Waals surface area contributed by atoms with E-state index in [0.717, 1.165) is 6.54 Å². The molecule has 0 aromatic carbocycles. The molecule has 2 aliphatic rings. The molecule has 0 spiro atoms. The molecule has 2 rings (SSSR count). The molecule has 116 valence electrons. The SMILES string of the molecule is COC(=O)CN1CCN(C(=O)C2COCCN2)CC1.Cl. The van der Waals surface area contributed by atoms with Crippen LogP contribution in [0.25, 0.3) is 0 Å². The molecule has 1 atom stereocenters. The van der Waals surface area contributed by atoms with Gasteiger partial charge < -0.3 is 19.7 Å². The van der Waals surface area contributed by atoms with Crippen LogP contribution in [0.2, 0.25) is 0 Å². The highest BCUT2D eigenvalue weighted by atomic mass is 35.5. The molecule has 0 aromatic heterocycles. The summed E-state index contributed by atoms with van der Waals surface area (Å²) in [6.07, 6.45) is 0. The number of rotatable bonds is 3. The number of carbonyl (C=O) groups excluding carboxylic acids is 2. The van der Waals surface area contributed by atoms with Crippen LogP contribution in [0.3, 0.4) is 0 Å². The lowest BCUT2D eigenvalue weighted by molar-refractivity contribution is -0.143. The molecule has 8 heteroatoms. The molecule has 2 saturated heterocycles. The van der Waals surface area contributed by atoms with Crippen LogP contribution in [0.5, 0.6) is 0 Å². The number of amides is 1. The fraction of sp³-hybridized carbons (Fsp3) is 0.833. The zero-order valence-electron chi connectivity index (χ0n) is 11.7. The monoisotopic (exact) mass is 307 g/mol. The summed E-state index contributed by atoms with van der Waals surface area (Å²) in [5.74, 6) is -0.139. The van der Waals surface area contributed by atoms with Crippen molar-refractivity contribution in [1.82, 2.24) is 15.1 Å². The number of hydrogen-bond acceptors (Lipinski definition) is 6. The minimum absolute atomic E-state index is 0. The van der Waals surface area contributed by atoms with E-state index in [0.29, 0.717) is 45.9 Å². The van der Waals surface area contributed by atoms with Gasteiger partial charge in [-0.25, -0.2) is 0 Å². The van der Waals surface area contributed by atoms with Crippen molar-refractivity contribution in [3.63, 3.8) is 0 Å². The van der Waals surface area contributed by atoms with Gasteiger partial charge in [0.25, 0.3) is 0 Å². The van der Waals surface area contributed by atoms with Crippen LogP contribution < -0.4 is 5.32 Å². The molecule has 2 heterocycles. The van der Waals surface area contributed by atoms with Crippen LogP contribution >= 0.6 is 12.4 Å². The Labute approximate surface area is 125 Å². The first-order valence-electron chi connectivity index (χ1n) is 6.60. The fourth-order valence-electron chi connectivity index (χ4n) is 2.32. The van der Waals surface area contributed by atoms with Crippen molar-refractivity contribution in [2.45, 2.75) is 6.04 Å². The molecule has 0 aromatic rings. The first kappa shape index (κ1) is 17.2. The maximum absolute atomic E-state index is 12.2. The van der Waals surface area contributed by atoms with E-state index in [1.54, 1.807) is 0 Å². The molecule has 1 amide bonds. The first-order chi connectivity index (χ1) is 9.20. The van der Waals surface area contributed by atoms with Gasteiger partial charge in [0.1, 0.15) is 6.04 Å². The summed E-state index contributed by atoms with van der Waals surface area (Å²) in [5, 5.41) is 3.16. The highest BCUT2D eigenvalue weighted by Crippen LogP contribution is 2.06. The van der Waals surface area contributed by atoms with Crippen molar-refractivity contribution in [2.24, 2.45) is 0 Å². The maximum Gasteiger partial charge on any atom is 0.319 e. The Balaban J connectivity index is 0.00000200.